The average Bonchev–Trinajstić information content (AvgIpc) is 2.44. The van der Waals surface area contributed by atoms with Crippen molar-refractivity contribution in [3.63, 3.8) is 0 Å². The van der Waals surface area contributed by atoms with Crippen LogP contribution in [-0.2, 0) is 6.42 Å². The van der Waals surface area contributed by atoms with Crippen molar-refractivity contribution in [3.8, 4) is 0 Å². The predicted molar refractivity (Wildman–Crippen MR) is 82.6 cm³/mol. The first-order valence-corrected chi connectivity index (χ1v) is 7.07. The number of hydrogen-bond acceptors (Lipinski definition) is 2. The van der Waals surface area contributed by atoms with Crippen molar-refractivity contribution in [2.24, 2.45) is 0 Å². The summed E-state index contributed by atoms with van der Waals surface area (Å²) in [6, 6.07) is 9.28. The van der Waals surface area contributed by atoms with E-state index in [9.17, 15) is 4.79 Å². The number of pyridine rings is 1. The maximum atomic E-state index is 12.0. The van der Waals surface area contributed by atoms with Crippen LogP contribution >= 0.6 is 23.2 Å². The van der Waals surface area contributed by atoms with Crippen LogP contribution in [0.25, 0.3) is 0 Å². The van der Waals surface area contributed by atoms with Gasteiger partial charge >= 0.3 is 0 Å². The summed E-state index contributed by atoms with van der Waals surface area (Å²) in [4.78, 5) is 15.9. The first-order valence-electron chi connectivity index (χ1n) is 6.31. The van der Waals surface area contributed by atoms with E-state index in [4.69, 9.17) is 23.2 Å². The minimum Gasteiger partial charge on any atom is -0.322 e. The lowest BCUT2D eigenvalue weighted by Gasteiger charge is -2.07. The third-order valence-corrected chi connectivity index (χ3v) is 3.49. The number of halogens is 2. The van der Waals surface area contributed by atoms with E-state index in [2.05, 4.69) is 17.2 Å². The first-order chi connectivity index (χ1) is 9.60. The molecule has 0 spiro atoms. The molecule has 0 aliphatic carbocycles. The molecule has 0 saturated carbocycles. The van der Waals surface area contributed by atoms with Crippen LogP contribution < -0.4 is 5.32 Å². The van der Waals surface area contributed by atoms with Crippen molar-refractivity contribution in [1.29, 1.82) is 0 Å². The molecule has 1 aromatic heterocycles. The normalized spacial score (nSPS) is 10.3. The zero-order valence-electron chi connectivity index (χ0n) is 11.0. The molecule has 2 rings (SSSR count). The lowest BCUT2D eigenvalue weighted by molar-refractivity contribution is 0.102. The van der Waals surface area contributed by atoms with Gasteiger partial charge in [0, 0.05) is 11.9 Å². The number of carbonyl (C=O) groups excluding carboxylic acids is 1. The van der Waals surface area contributed by atoms with Crippen LogP contribution in [0.1, 0.15) is 29.3 Å². The Morgan fingerprint density at radius 1 is 1.25 bits per heavy atom. The molecular formula is C15H14Cl2N2O. The quantitative estimate of drug-likeness (QED) is 0.839. The van der Waals surface area contributed by atoms with Gasteiger partial charge in [-0.05, 0) is 30.2 Å². The Kier molecular flexibility index (Phi) is 4.99. The summed E-state index contributed by atoms with van der Waals surface area (Å²) >= 11 is 11.6. The number of rotatable bonds is 4. The molecule has 0 fully saturated rings. The third-order valence-electron chi connectivity index (χ3n) is 2.81. The van der Waals surface area contributed by atoms with Gasteiger partial charge < -0.3 is 5.32 Å². The number of nitrogens with one attached hydrogen (secondary N) is 1. The second-order valence-electron chi connectivity index (χ2n) is 4.40. The van der Waals surface area contributed by atoms with Gasteiger partial charge in [0.15, 0.2) is 0 Å². The summed E-state index contributed by atoms with van der Waals surface area (Å²) in [5.74, 6) is -0.265. The van der Waals surface area contributed by atoms with E-state index in [1.807, 2.05) is 24.3 Å². The smallest absolute Gasteiger partial charge is 0.257 e. The monoisotopic (exact) mass is 308 g/mol. The maximum absolute atomic E-state index is 12.0. The molecule has 1 N–H and O–H groups in total. The van der Waals surface area contributed by atoms with Crippen molar-refractivity contribution in [3.05, 3.63) is 57.8 Å². The van der Waals surface area contributed by atoms with Gasteiger partial charge in [0.2, 0.25) is 0 Å². The van der Waals surface area contributed by atoms with Crippen LogP contribution in [0.4, 0.5) is 5.69 Å². The van der Waals surface area contributed by atoms with Crippen LogP contribution in [0.5, 0.6) is 0 Å². The summed E-state index contributed by atoms with van der Waals surface area (Å²) in [7, 11) is 0. The molecule has 0 aliphatic heterocycles. The lowest BCUT2D eigenvalue weighted by atomic mass is 10.1. The van der Waals surface area contributed by atoms with Crippen LogP contribution in [0, 0.1) is 0 Å². The summed E-state index contributed by atoms with van der Waals surface area (Å²) in [5, 5.41) is 3.24. The Balaban J connectivity index is 2.08. The van der Waals surface area contributed by atoms with E-state index in [0.717, 1.165) is 18.5 Å². The fourth-order valence-corrected chi connectivity index (χ4v) is 2.06. The second-order valence-corrected chi connectivity index (χ2v) is 5.16. The fraction of sp³-hybridized carbons (Fsp3) is 0.200. The maximum Gasteiger partial charge on any atom is 0.257 e. The molecule has 1 aromatic carbocycles. The highest BCUT2D eigenvalue weighted by atomic mass is 35.5. The molecule has 1 amide bonds. The SMILES string of the molecule is CCCc1ccc(NC(=O)c2cnc(Cl)c(Cl)c2)cc1. The first kappa shape index (κ1) is 14.8. The number of carbonyl (C=O) groups is 1. The van der Waals surface area contributed by atoms with Gasteiger partial charge in [-0.2, -0.15) is 0 Å². The third kappa shape index (κ3) is 3.71. The zero-order valence-corrected chi connectivity index (χ0v) is 12.5. The van der Waals surface area contributed by atoms with Crippen molar-refractivity contribution in [1.82, 2.24) is 4.98 Å². The van der Waals surface area contributed by atoms with Crippen LogP contribution in [0.15, 0.2) is 36.5 Å². The molecule has 3 nitrogen and oxygen atoms in total. The van der Waals surface area contributed by atoms with Gasteiger partial charge in [0.1, 0.15) is 5.15 Å². The average molecular weight is 309 g/mol. The molecule has 1 heterocycles. The molecule has 0 radical (unpaired) electrons. The molecule has 20 heavy (non-hydrogen) atoms. The number of amides is 1. The van der Waals surface area contributed by atoms with Gasteiger partial charge in [0.25, 0.3) is 5.91 Å². The number of hydrogen-bond donors (Lipinski definition) is 1. The van der Waals surface area contributed by atoms with E-state index < -0.39 is 0 Å². The van der Waals surface area contributed by atoms with Gasteiger partial charge in [-0.15, -0.1) is 0 Å². The molecule has 0 atom stereocenters. The van der Waals surface area contributed by atoms with Crippen molar-refractivity contribution in [2.75, 3.05) is 5.32 Å². The zero-order chi connectivity index (χ0) is 14.5. The molecule has 0 saturated heterocycles. The van der Waals surface area contributed by atoms with E-state index in [1.54, 1.807) is 0 Å². The Morgan fingerprint density at radius 2 is 1.95 bits per heavy atom. The Morgan fingerprint density at radius 3 is 2.55 bits per heavy atom. The van der Waals surface area contributed by atoms with E-state index >= 15 is 0 Å². The molecule has 0 bridgehead atoms. The highest BCUT2D eigenvalue weighted by Gasteiger charge is 2.09. The summed E-state index contributed by atoms with van der Waals surface area (Å²) in [6.07, 6.45) is 3.53. The van der Waals surface area contributed by atoms with E-state index in [1.165, 1.54) is 17.8 Å². The number of anilines is 1. The Hall–Kier alpha value is -1.58. The highest BCUT2D eigenvalue weighted by Crippen LogP contribution is 2.20. The largest absolute Gasteiger partial charge is 0.322 e. The standard InChI is InChI=1S/C15H14Cl2N2O/c1-2-3-10-4-6-12(7-5-10)19-15(20)11-8-13(16)14(17)18-9-11/h4-9H,2-3H2,1H3,(H,19,20). The van der Waals surface area contributed by atoms with Gasteiger partial charge in [-0.25, -0.2) is 4.98 Å². The van der Waals surface area contributed by atoms with Gasteiger partial charge in [-0.3, -0.25) is 4.79 Å². The van der Waals surface area contributed by atoms with Gasteiger partial charge in [0.05, 0.1) is 10.6 Å². The summed E-state index contributed by atoms with van der Waals surface area (Å²) in [6.45, 7) is 2.13. The van der Waals surface area contributed by atoms with Crippen LogP contribution in [0.2, 0.25) is 10.2 Å². The Bertz CT molecular complexity index is 612. The highest BCUT2D eigenvalue weighted by molar-refractivity contribution is 6.41. The minimum atomic E-state index is -0.265. The molecule has 104 valence electrons. The van der Waals surface area contributed by atoms with Crippen molar-refractivity contribution in [2.45, 2.75) is 19.8 Å². The van der Waals surface area contributed by atoms with Crippen molar-refractivity contribution < 1.29 is 4.79 Å². The summed E-state index contributed by atoms with van der Waals surface area (Å²) < 4.78 is 0. The topological polar surface area (TPSA) is 42.0 Å². The van der Waals surface area contributed by atoms with E-state index in [-0.39, 0.29) is 16.1 Å². The van der Waals surface area contributed by atoms with Crippen molar-refractivity contribution >= 4 is 34.8 Å². The van der Waals surface area contributed by atoms with Gasteiger partial charge in [-0.1, -0.05) is 48.7 Å². The van der Waals surface area contributed by atoms with E-state index in [0.29, 0.717) is 5.56 Å². The summed E-state index contributed by atoms with van der Waals surface area (Å²) in [5.41, 5.74) is 2.36. The fourth-order valence-electron chi connectivity index (χ4n) is 1.79. The molecular weight excluding hydrogens is 295 g/mol. The minimum absolute atomic E-state index is 0.187. The lowest BCUT2D eigenvalue weighted by Crippen LogP contribution is -2.12. The predicted octanol–water partition coefficient (Wildman–Crippen LogP) is 4.59. The number of aromatic nitrogens is 1. The van der Waals surface area contributed by atoms with Crippen LogP contribution in [-0.4, -0.2) is 10.9 Å². The second kappa shape index (κ2) is 6.73. The number of aryl methyl sites for hydroxylation is 1. The van der Waals surface area contributed by atoms with Crippen LogP contribution in [0.3, 0.4) is 0 Å². The number of nitrogens with zero attached hydrogens (tertiary/aromatic N) is 1. The number of benzene rings is 1. The molecule has 2 aromatic rings. The molecule has 0 unspecified atom stereocenters. The molecule has 0 aliphatic rings. The molecule has 5 heteroatoms. The Labute approximate surface area is 127 Å².